The fourth-order valence-electron chi connectivity index (χ4n) is 1.79. The molecule has 2 rings (SSSR count). The maximum absolute atomic E-state index is 11.0. The third-order valence-electron chi connectivity index (χ3n) is 2.77. The van der Waals surface area contributed by atoms with Crippen LogP contribution in [0.2, 0.25) is 0 Å². The first-order valence-corrected chi connectivity index (χ1v) is 8.62. The summed E-state index contributed by atoms with van der Waals surface area (Å²) in [4.78, 5) is 10.6. The minimum atomic E-state index is -0.406. The van der Waals surface area contributed by atoms with Gasteiger partial charge in [-0.2, -0.15) is 0 Å². The third kappa shape index (κ3) is 4.05. The highest BCUT2D eigenvalue weighted by atomic mass is 79.9. The molecule has 4 nitrogen and oxygen atoms in total. The number of nitro benzene ring substituents is 1. The Bertz CT molecular complexity index is 653. The van der Waals surface area contributed by atoms with Crippen LogP contribution in [0.5, 0.6) is 5.75 Å². The van der Waals surface area contributed by atoms with Crippen LogP contribution in [0.3, 0.4) is 0 Å². The number of rotatable bonds is 5. The van der Waals surface area contributed by atoms with E-state index in [1.807, 2.05) is 12.1 Å². The van der Waals surface area contributed by atoms with Gasteiger partial charge in [0, 0.05) is 11.4 Å². The molecule has 0 aromatic heterocycles. The lowest BCUT2D eigenvalue weighted by molar-refractivity contribution is -0.385. The molecule has 0 aliphatic heterocycles. The first-order chi connectivity index (χ1) is 10.0. The lowest BCUT2D eigenvalue weighted by Gasteiger charge is -2.12. The zero-order valence-electron chi connectivity index (χ0n) is 10.7. The smallest absolute Gasteiger partial charge is 0.276 e. The van der Waals surface area contributed by atoms with E-state index in [-0.39, 0.29) is 12.3 Å². The average molecular weight is 480 g/mol. The van der Waals surface area contributed by atoms with Crippen LogP contribution in [0.1, 0.15) is 11.1 Å². The van der Waals surface area contributed by atoms with Crippen LogP contribution >= 0.6 is 47.8 Å². The van der Waals surface area contributed by atoms with Crippen molar-refractivity contribution in [3.8, 4) is 5.75 Å². The predicted octanol–water partition coefficient (Wildman–Crippen LogP) is 5.59. The largest absolute Gasteiger partial charge is 0.486 e. The van der Waals surface area contributed by atoms with Crippen LogP contribution in [0.4, 0.5) is 5.69 Å². The van der Waals surface area contributed by atoms with Gasteiger partial charge < -0.3 is 4.74 Å². The van der Waals surface area contributed by atoms with Gasteiger partial charge in [-0.05, 0) is 55.6 Å². The van der Waals surface area contributed by atoms with E-state index in [1.54, 1.807) is 18.2 Å². The summed E-state index contributed by atoms with van der Waals surface area (Å²) in [5, 5.41) is 11.7. The van der Waals surface area contributed by atoms with Crippen molar-refractivity contribution < 1.29 is 9.66 Å². The molecule has 0 spiro atoms. The molecular formula is C14H10Br3NO3. The van der Waals surface area contributed by atoms with Crippen LogP contribution < -0.4 is 4.74 Å². The normalized spacial score (nSPS) is 10.4. The van der Waals surface area contributed by atoms with Crippen LogP contribution in [0.15, 0.2) is 45.3 Å². The highest BCUT2D eigenvalue weighted by molar-refractivity contribution is 9.11. The van der Waals surface area contributed by atoms with E-state index in [9.17, 15) is 10.1 Å². The number of nitro groups is 1. The predicted molar refractivity (Wildman–Crippen MR) is 91.9 cm³/mol. The number of hydrogen-bond donors (Lipinski definition) is 0. The second-order valence-corrected chi connectivity index (χ2v) is 6.47. The fourth-order valence-corrected chi connectivity index (χ4v) is 3.62. The summed E-state index contributed by atoms with van der Waals surface area (Å²) in [6, 6.07) is 10.4. The molecular weight excluding hydrogens is 470 g/mol. The van der Waals surface area contributed by atoms with Gasteiger partial charge in [-0.15, -0.1) is 0 Å². The van der Waals surface area contributed by atoms with E-state index in [4.69, 9.17) is 4.74 Å². The summed E-state index contributed by atoms with van der Waals surface area (Å²) in [5.41, 5.74) is 1.68. The summed E-state index contributed by atoms with van der Waals surface area (Å²) in [5.74, 6) is 0.623. The molecule has 0 saturated heterocycles. The van der Waals surface area contributed by atoms with Crippen molar-refractivity contribution in [1.29, 1.82) is 0 Å². The van der Waals surface area contributed by atoms with E-state index in [0.717, 1.165) is 19.8 Å². The SMILES string of the molecule is O=[N+]([O-])c1ccccc1COc1c(Br)cc(CBr)cc1Br. The van der Waals surface area contributed by atoms with Crippen molar-refractivity contribution in [2.24, 2.45) is 0 Å². The van der Waals surface area contributed by atoms with Crippen LogP contribution in [0.25, 0.3) is 0 Å². The highest BCUT2D eigenvalue weighted by Crippen LogP contribution is 2.36. The van der Waals surface area contributed by atoms with E-state index >= 15 is 0 Å². The monoisotopic (exact) mass is 477 g/mol. The van der Waals surface area contributed by atoms with Gasteiger partial charge in [0.1, 0.15) is 12.4 Å². The first kappa shape index (κ1) is 16.5. The van der Waals surface area contributed by atoms with E-state index in [2.05, 4.69) is 47.8 Å². The number of para-hydroxylation sites is 1. The van der Waals surface area contributed by atoms with Gasteiger partial charge in [0.15, 0.2) is 0 Å². The summed E-state index contributed by atoms with van der Waals surface area (Å²) in [6.07, 6.45) is 0. The Morgan fingerprint density at radius 3 is 2.33 bits per heavy atom. The van der Waals surface area contributed by atoms with Gasteiger partial charge in [-0.25, -0.2) is 0 Å². The minimum Gasteiger partial charge on any atom is -0.486 e. The van der Waals surface area contributed by atoms with Gasteiger partial charge in [0.25, 0.3) is 5.69 Å². The summed E-state index contributed by atoms with van der Waals surface area (Å²) >= 11 is 10.3. The Labute approximate surface area is 147 Å². The van der Waals surface area contributed by atoms with Crippen molar-refractivity contribution in [3.63, 3.8) is 0 Å². The average Bonchev–Trinajstić information content (AvgIpc) is 2.46. The lowest BCUT2D eigenvalue weighted by Crippen LogP contribution is -2.01. The van der Waals surface area contributed by atoms with E-state index in [1.165, 1.54) is 6.07 Å². The Balaban J connectivity index is 2.23. The number of nitrogens with zero attached hydrogens (tertiary/aromatic N) is 1. The van der Waals surface area contributed by atoms with Crippen molar-refractivity contribution in [1.82, 2.24) is 0 Å². The number of benzene rings is 2. The van der Waals surface area contributed by atoms with Crippen LogP contribution in [0, 0.1) is 10.1 Å². The molecule has 21 heavy (non-hydrogen) atoms. The molecule has 0 N–H and O–H groups in total. The molecule has 0 heterocycles. The molecule has 0 atom stereocenters. The second kappa shape index (κ2) is 7.38. The maximum Gasteiger partial charge on any atom is 0.276 e. The maximum atomic E-state index is 11.0. The van der Waals surface area contributed by atoms with Gasteiger partial charge >= 0.3 is 0 Å². The molecule has 0 aliphatic rings. The summed E-state index contributed by atoms with van der Waals surface area (Å²) in [7, 11) is 0. The third-order valence-corrected chi connectivity index (χ3v) is 4.60. The topological polar surface area (TPSA) is 52.4 Å². The van der Waals surface area contributed by atoms with Crippen molar-refractivity contribution in [2.75, 3.05) is 0 Å². The highest BCUT2D eigenvalue weighted by Gasteiger charge is 2.15. The molecule has 0 bridgehead atoms. The summed E-state index contributed by atoms with van der Waals surface area (Å²) in [6.45, 7) is 0.127. The lowest BCUT2D eigenvalue weighted by atomic mass is 10.2. The molecule has 110 valence electrons. The second-order valence-electron chi connectivity index (χ2n) is 4.20. The van der Waals surface area contributed by atoms with Gasteiger partial charge in [0.05, 0.1) is 19.4 Å². The molecule has 7 heteroatoms. The Morgan fingerprint density at radius 1 is 1.14 bits per heavy atom. The van der Waals surface area contributed by atoms with Crippen molar-refractivity contribution in [2.45, 2.75) is 11.9 Å². The number of halogens is 3. The molecule has 0 fully saturated rings. The first-order valence-electron chi connectivity index (χ1n) is 5.92. The minimum absolute atomic E-state index is 0.0572. The standard InChI is InChI=1S/C14H10Br3NO3/c15-7-9-5-11(16)14(12(17)6-9)21-8-10-3-1-2-4-13(10)18(19)20/h1-6H,7-8H2. The molecule has 0 radical (unpaired) electrons. The molecule has 2 aromatic rings. The molecule has 0 aliphatic carbocycles. The zero-order chi connectivity index (χ0) is 15.4. The van der Waals surface area contributed by atoms with E-state index in [0.29, 0.717) is 11.3 Å². The van der Waals surface area contributed by atoms with Gasteiger partial charge in [0.2, 0.25) is 0 Å². The van der Waals surface area contributed by atoms with E-state index < -0.39 is 4.92 Å². The van der Waals surface area contributed by atoms with Gasteiger partial charge in [-0.3, -0.25) is 10.1 Å². The molecule has 0 amide bonds. The Kier molecular flexibility index (Phi) is 5.78. The quantitative estimate of drug-likeness (QED) is 0.319. The zero-order valence-corrected chi connectivity index (χ0v) is 15.4. The Hall–Kier alpha value is -0.920. The fraction of sp³-hybridized carbons (Fsp3) is 0.143. The van der Waals surface area contributed by atoms with Crippen molar-refractivity contribution in [3.05, 3.63) is 66.6 Å². The van der Waals surface area contributed by atoms with Gasteiger partial charge in [-0.1, -0.05) is 28.1 Å². The number of alkyl halides is 1. The molecule has 0 saturated carbocycles. The van der Waals surface area contributed by atoms with Crippen LogP contribution in [-0.4, -0.2) is 4.92 Å². The van der Waals surface area contributed by atoms with Crippen LogP contribution in [-0.2, 0) is 11.9 Å². The number of ether oxygens (including phenoxy) is 1. The Morgan fingerprint density at radius 2 is 1.76 bits per heavy atom. The van der Waals surface area contributed by atoms with Crippen molar-refractivity contribution >= 4 is 53.5 Å². The molecule has 0 unspecified atom stereocenters. The molecule has 2 aromatic carbocycles. The summed E-state index contributed by atoms with van der Waals surface area (Å²) < 4.78 is 7.32. The number of hydrogen-bond acceptors (Lipinski definition) is 3.